The van der Waals surface area contributed by atoms with Gasteiger partial charge >= 0.3 is 0 Å². The monoisotopic (exact) mass is 660 g/mol. The minimum absolute atomic E-state index is 0.0489. The Labute approximate surface area is 293 Å². The molecule has 4 nitrogen and oxygen atoms in total. The number of benzene rings is 6. The maximum atomic E-state index is 5.04. The summed E-state index contributed by atoms with van der Waals surface area (Å²) in [6.45, 7) is 0. The Kier molecular flexibility index (Phi) is 6.12. The fraction of sp³-hybridized carbons (Fsp3) is 0.0889. The van der Waals surface area contributed by atoms with Gasteiger partial charge in [0, 0.05) is 65.2 Å². The molecule has 0 saturated heterocycles. The van der Waals surface area contributed by atoms with E-state index in [0.717, 1.165) is 24.1 Å². The van der Waals surface area contributed by atoms with Gasteiger partial charge in [-0.15, -0.1) is 11.3 Å². The minimum atomic E-state index is -0.127. The van der Waals surface area contributed by atoms with Crippen LogP contribution in [0.4, 0.5) is 0 Å². The van der Waals surface area contributed by atoms with Crippen LogP contribution in [0.25, 0.3) is 70.3 Å². The normalized spacial score (nSPS) is 17.2. The first-order valence-corrected chi connectivity index (χ1v) is 18.2. The van der Waals surface area contributed by atoms with E-state index in [1.54, 1.807) is 0 Å². The van der Waals surface area contributed by atoms with Gasteiger partial charge < -0.3 is 9.13 Å². The van der Waals surface area contributed by atoms with E-state index in [9.17, 15) is 0 Å². The molecule has 1 N–H and O–H groups in total. The van der Waals surface area contributed by atoms with Crippen LogP contribution < -0.4 is 5.32 Å². The number of aliphatic imine (C=N–C) groups is 1. The number of rotatable bonds is 4. The molecule has 1 aliphatic heterocycles. The van der Waals surface area contributed by atoms with Gasteiger partial charge in [0.15, 0.2) is 0 Å². The molecule has 2 unspecified atom stereocenters. The van der Waals surface area contributed by atoms with Crippen LogP contribution in [-0.2, 0) is 6.42 Å². The topological polar surface area (TPSA) is 34.2 Å². The van der Waals surface area contributed by atoms with E-state index < -0.39 is 0 Å². The summed E-state index contributed by atoms with van der Waals surface area (Å²) in [6.07, 6.45) is 8.73. The molecular weight excluding hydrogens is 629 g/mol. The van der Waals surface area contributed by atoms with Crippen molar-refractivity contribution in [3.63, 3.8) is 0 Å². The van der Waals surface area contributed by atoms with Gasteiger partial charge in [0.25, 0.3) is 0 Å². The number of nitrogens with one attached hydrogen (secondary N) is 1. The van der Waals surface area contributed by atoms with Crippen molar-refractivity contribution in [2.45, 2.75) is 25.0 Å². The summed E-state index contributed by atoms with van der Waals surface area (Å²) in [6, 6.07) is 48.9. The molecule has 0 saturated carbocycles. The highest BCUT2D eigenvalue weighted by Gasteiger charge is 2.26. The van der Waals surface area contributed by atoms with E-state index >= 15 is 0 Å². The third-order valence-electron chi connectivity index (χ3n) is 10.7. The minimum Gasteiger partial charge on any atom is -0.313 e. The molecule has 0 radical (unpaired) electrons. The molecule has 238 valence electrons. The van der Waals surface area contributed by atoms with E-state index in [1.807, 2.05) is 11.3 Å². The molecule has 2 atom stereocenters. The highest BCUT2D eigenvalue weighted by Crippen LogP contribution is 2.42. The molecule has 50 heavy (non-hydrogen) atoms. The Morgan fingerprint density at radius 2 is 1.40 bits per heavy atom. The van der Waals surface area contributed by atoms with E-state index in [1.165, 1.54) is 75.4 Å². The molecule has 5 heteroatoms. The average molecular weight is 661 g/mol. The number of allylic oxidation sites excluding steroid dienone is 1. The van der Waals surface area contributed by atoms with Crippen LogP contribution in [0.2, 0.25) is 0 Å². The van der Waals surface area contributed by atoms with Crippen LogP contribution in [0.3, 0.4) is 0 Å². The van der Waals surface area contributed by atoms with Crippen LogP contribution in [0.1, 0.15) is 41.0 Å². The molecule has 0 amide bonds. The van der Waals surface area contributed by atoms with Crippen LogP contribution in [0, 0.1) is 0 Å². The van der Waals surface area contributed by atoms with Crippen molar-refractivity contribution in [2.75, 3.05) is 0 Å². The van der Waals surface area contributed by atoms with Crippen LogP contribution in [0.5, 0.6) is 0 Å². The maximum Gasteiger partial charge on any atom is 0.126 e. The summed E-state index contributed by atoms with van der Waals surface area (Å²) in [4.78, 5) is 5.04. The quantitative estimate of drug-likeness (QED) is 0.200. The fourth-order valence-electron chi connectivity index (χ4n) is 8.46. The highest BCUT2D eigenvalue weighted by molar-refractivity contribution is 7.26. The second kappa shape index (κ2) is 10.9. The van der Waals surface area contributed by atoms with Gasteiger partial charge in [-0.25, -0.2) is 0 Å². The summed E-state index contributed by atoms with van der Waals surface area (Å²) in [5.41, 5.74) is 11.2. The predicted molar refractivity (Wildman–Crippen MR) is 211 cm³/mol. The number of hydrogen-bond acceptors (Lipinski definition) is 3. The van der Waals surface area contributed by atoms with Gasteiger partial charge in [0.05, 0.1) is 22.6 Å². The molecule has 11 rings (SSSR count). The third-order valence-corrected chi connectivity index (χ3v) is 11.9. The molecule has 0 fully saturated rings. The molecule has 2 aliphatic rings. The molecule has 3 aromatic heterocycles. The van der Waals surface area contributed by atoms with Crippen LogP contribution in [0.15, 0.2) is 145 Å². The summed E-state index contributed by atoms with van der Waals surface area (Å²) in [7, 11) is 0. The van der Waals surface area contributed by atoms with Gasteiger partial charge in [-0.3, -0.25) is 10.3 Å². The smallest absolute Gasteiger partial charge is 0.126 e. The summed E-state index contributed by atoms with van der Waals surface area (Å²) in [5, 5.41) is 10.4. The molecule has 0 bridgehead atoms. The second-order valence-corrected chi connectivity index (χ2v) is 14.5. The van der Waals surface area contributed by atoms with Crippen molar-refractivity contribution >= 4 is 76.5 Å². The Morgan fingerprint density at radius 3 is 2.34 bits per heavy atom. The highest BCUT2D eigenvalue weighted by atomic mass is 32.1. The van der Waals surface area contributed by atoms with Gasteiger partial charge in [0.2, 0.25) is 0 Å². The lowest BCUT2D eigenvalue weighted by Crippen LogP contribution is -2.20. The van der Waals surface area contributed by atoms with Gasteiger partial charge in [-0.1, -0.05) is 97.1 Å². The van der Waals surface area contributed by atoms with Gasteiger partial charge in [-0.2, -0.15) is 0 Å². The van der Waals surface area contributed by atoms with E-state index in [0.29, 0.717) is 0 Å². The number of hydrogen-bond donors (Lipinski definition) is 1. The van der Waals surface area contributed by atoms with Crippen molar-refractivity contribution in [3.8, 4) is 11.4 Å². The van der Waals surface area contributed by atoms with Crippen molar-refractivity contribution in [1.29, 1.82) is 0 Å². The Morgan fingerprint density at radius 1 is 0.620 bits per heavy atom. The van der Waals surface area contributed by atoms with E-state index in [-0.39, 0.29) is 12.2 Å². The SMILES string of the molecule is C1=Cc2c(n(-c3ccccc3)c3cc4c(cc23)c2ccccc2n4-c2cccc(C3N=CC(c4cccc5c4sc4ccccc45)N3)c2)CC1. The zero-order chi connectivity index (χ0) is 32.8. The first kappa shape index (κ1) is 28.1. The number of nitrogens with zero attached hydrogens (tertiary/aromatic N) is 3. The lowest BCUT2D eigenvalue weighted by molar-refractivity contribution is 0.576. The Bertz CT molecular complexity index is 2870. The Hall–Kier alpha value is -5.75. The average Bonchev–Trinajstić information content (AvgIpc) is 3.95. The molecule has 1 aliphatic carbocycles. The molecule has 9 aromatic rings. The van der Waals surface area contributed by atoms with Crippen molar-refractivity contribution < 1.29 is 0 Å². The molecular formula is C45H32N4S. The Balaban J connectivity index is 1.04. The van der Waals surface area contributed by atoms with Gasteiger partial charge in [-0.05, 0) is 72.5 Å². The zero-order valence-electron chi connectivity index (χ0n) is 27.3. The summed E-state index contributed by atoms with van der Waals surface area (Å²) in [5.74, 6) is 0. The van der Waals surface area contributed by atoms with Crippen molar-refractivity contribution in [1.82, 2.24) is 14.5 Å². The van der Waals surface area contributed by atoms with E-state index in [4.69, 9.17) is 4.99 Å². The van der Waals surface area contributed by atoms with Crippen LogP contribution in [-0.4, -0.2) is 15.3 Å². The molecule has 4 heterocycles. The van der Waals surface area contributed by atoms with Crippen molar-refractivity contribution in [2.24, 2.45) is 4.99 Å². The van der Waals surface area contributed by atoms with E-state index in [2.05, 4.69) is 166 Å². The first-order valence-electron chi connectivity index (χ1n) is 17.4. The zero-order valence-corrected chi connectivity index (χ0v) is 28.1. The fourth-order valence-corrected chi connectivity index (χ4v) is 9.71. The molecule has 0 spiro atoms. The van der Waals surface area contributed by atoms with Crippen LogP contribution >= 0.6 is 11.3 Å². The standard InChI is InChI=1S/C45H32N4S/c1-2-13-29(14-3-1)48-39-21-7-4-16-31(39)36-25-37-32-17-5-8-22-40(32)49(42(37)26-41(36)48)30-15-10-12-28(24-30)45-46-27-38(47-45)35-20-11-19-34-33-18-6-9-23-43(33)50-44(34)35/h1-6,8-20,22-27,38,45,47H,7,21H2. The predicted octanol–water partition coefficient (Wildman–Crippen LogP) is 11.5. The summed E-state index contributed by atoms with van der Waals surface area (Å²) >= 11 is 1.87. The number of para-hydroxylation sites is 2. The lowest BCUT2D eigenvalue weighted by atomic mass is 10.0. The van der Waals surface area contributed by atoms with Gasteiger partial charge in [0.1, 0.15) is 6.17 Å². The largest absolute Gasteiger partial charge is 0.313 e. The molecule has 6 aromatic carbocycles. The summed E-state index contributed by atoms with van der Waals surface area (Å²) < 4.78 is 7.59. The number of aromatic nitrogens is 2. The maximum absolute atomic E-state index is 5.04. The number of fused-ring (bicyclic) bond motifs is 9. The number of thiophene rings is 1. The van der Waals surface area contributed by atoms with Crippen molar-refractivity contribution in [3.05, 3.63) is 162 Å². The third kappa shape index (κ3) is 4.11. The first-order chi connectivity index (χ1) is 24.8. The second-order valence-electron chi connectivity index (χ2n) is 13.5. The lowest BCUT2D eigenvalue weighted by Gasteiger charge is -2.16.